The smallest absolute Gasteiger partial charge is 0.325 e. The molecule has 0 N–H and O–H groups in total. The Morgan fingerprint density at radius 1 is 0.909 bits per heavy atom. The quantitative estimate of drug-likeness (QED) is 0.295. The van der Waals surface area contributed by atoms with Crippen LogP contribution in [0.3, 0.4) is 0 Å². The minimum Gasteiger partial charge on any atom is -0.468 e. The fourth-order valence-corrected chi connectivity index (χ4v) is 3.99. The van der Waals surface area contributed by atoms with Gasteiger partial charge in [-0.15, -0.1) is 5.11 Å². The molecule has 33 heavy (non-hydrogen) atoms. The third-order valence-corrected chi connectivity index (χ3v) is 5.74. The van der Waals surface area contributed by atoms with Crippen molar-refractivity contribution in [1.29, 1.82) is 0 Å². The van der Waals surface area contributed by atoms with E-state index in [4.69, 9.17) is 0 Å². The Bertz CT molecular complexity index is 1240. The maximum Gasteiger partial charge on any atom is 0.325 e. The topological polar surface area (TPSA) is 91.6 Å². The van der Waals surface area contributed by atoms with Crippen molar-refractivity contribution in [1.82, 2.24) is 4.90 Å². The second-order valence-electron chi connectivity index (χ2n) is 7.52. The van der Waals surface area contributed by atoms with Gasteiger partial charge >= 0.3 is 5.97 Å². The number of carbonyl (C=O) groups is 3. The number of azo groups is 1. The molecule has 8 nitrogen and oxygen atoms in total. The van der Waals surface area contributed by atoms with Crippen LogP contribution in [0.25, 0.3) is 10.8 Å². The van der Waals surface area contributed by atoms with Gasteiger partial charge < -0.3 is 9.64 Å². The van der Waals surface area contributed by atoms with Gasteiger partial charge in [-0.2, -0.15) is 5.11 Å². The van der Waals surface area contributed by atoms with E-state index in [0.29, 0.717) is 33.3 Å². The SMILES string of the molecule is CCN(CC)c1ccc(N=Nc2ccc3c4c(cccc24)C(=O)N(CC(=O)OC)C3=O)cc1. The first kappa shape index (κ1) is 22.1. The average molecular weight is 444 g/mol. The van der Waals surface area contributed by atoms with Crippen LogP contribution in [0.5, 0.6) is 0 Å². The number of carbonyl (C=O) groups excluding carboxylic acids is 3. The number of ether oxygens (including phenoxy) is 1. The number of nitrogens with zero attached hydrogens (tertiary/aromatic N) is 4. The molecule has 0 saturated carbocycles. The third-order valence-electron chi connectivity index (χ3n) is 5.74. The van der Waals surface area contributed by atoms with Crippen molar-refractivity contribution < 1.29 is 19.1 Å². The van der Waals surface area contributed by atoms with Crippen LogP contribution in [-0.2, 0) is 9.53 Å². The number of imide groups is 1. The molecule has 0 fully saturated rings. The maximum absolute atomic E-state index is 12.9. The van der Waals surface area contributed by atoms with Crippen LogP contribution in [0.15, 0.2) is 64.8 Å². The van der Waals surface area contributed by atoms with E-state index in [1.165, 1.54) is 7.11 Å². The van der Waals surface area contributed by atoms with Gasteiger partial charge in [-0.1, -0.05) is 12.1 Å². The van der Waals surface area contributed by atoms with E-state index in [9.17, 15) is 14.4 Å². The van der Waals surface area contributed by atoms with Crippen molar-refractivity contribution in [2.24, 2.45) is 10.2 Å². The first-order valence-corrected chi connectivity index (χ1v) is 10.7. The van der Waals surface area contributed by atoms with Gasteiger partial charge in [0.15, 0.2) is 0 Å². The van der Waals surface area contributed by atoms with Crippen LogP contribution in [0, 0.1) is 0 Å². The molecule has 0 aromatic heterocycles. The summed E-state index contributed by atoms with van der Waals surface area (Å²) in [6.07, 6.45) is 0. The molecule has 3 aromatic rings. The standard InChI is InChI=1S/C25H24N4O4/c1-4-28(5-2)17-11-9-16(10-12-17)26-27-21-14-13-20-23-18(21)7-6-8-19(23)24(31)29(25(20)32)15-22(30)33-3/h6-14H,4-5,15H2,1-3H3. The molecule has 0 spiro atoms. The summed E-state index contributed by atoms with van der Waals surface area (Å²) in [7, 11) is 1.21. The minimum absolute atomic E-state index is 0.339. The lowest BCUT2D eigenvalue weighted by Gasteiger charge is -2.26. The highest BCUT2D eigenvalue weighted by Crippen LogP contribution is 2.36. The van der Waals surface area contributed by atoms with Crippen molar-refractivity contribution in [2.45, 2.75) is 13.8 Å². The number of amides is 2. The average Bonchev–Trinajstić information content (AvgIpc) is 2.85. The summed E-state index contributed by atoms with van der Waals surface area (Å²) in [5.74, 6) is -1.74. The van der Waals surface area contributed by atoms with Crippen LogP contribution in [0.1, 0.15) is 34.6 Å². The number of benzene rings is 3. The Labute approximate surface area is 191 Å². The van der Waals surface area contributed by atoms with Gasteiger partial charge in [0.2, 0.25) is 0 Å². The highest BCUT2D eigenvalue weighted by Gasteiger charge is 2.34. The third kappa shape index (κ3) is 4.07. The van der Waals surface area contributed by atoms with Crippen LogP contribution in [0.4, 0.5) is 17.1 Å². The zero-order valence-corrected chi connectivity index (χ0v) is 18.7. The summed E-state index contributed by atoms with van der Waals surface area (Å²) < 4.78 is 4.62. The monoisotopic (exact) mass is 444 g/mol. The minimum atomic E-state index is -0.662. The second-order valence-corrected chi connectivity index (χ2v) is 7.52. The number of hydrogen-bond donors (Lipinski definition) is 0. The molecule has 168 valence electrons. The number of methoxy groups -OCH3 is 1. The van der Waals surface area contributed by atoms with Crippen molar-refractivity contribution in [3.63, 3.8) is 0 Å². The lowest BCUT2D eigenvalue weighted by atomic mass is 9.93. The predicted octanol–water partition coefficient (Wildman–Crippen LogP) is 4.87. The zero-order valence-electron chi connectivity index (χ0n) is 18.7. The summed E-state index contributed by atoms with van der Waals surface area (Å²) in [5.41, 5.74) is 3.04. The van der Waals surface area contributed by atoms with Gasteiger partial charge in [-0.25, -0.2) is 0 Å². The molecular formula is C25H24N4O4. The maximum atomic E-state index is 12.9. The largest absolute Gasteiger partial charge is 0.468 e. The normalized spacial score (nSPS) is 13.1. The van der Waals surface area contributed by atoms with Gasteiger partial charge in [0.25, 0.3) is 11.8 Å². The van der Waals surface area contributed by atoms with E-state index in [1.807, 2.05) is 24.3 Å². The van der Waals surface area contributed by atoms with E-state index in [2.05, 4.69) is 33.7 Å². The zero-order chi connectivity index (χ0) is 23.5. The first-order chi connectivity index (χ1) is 16.0. The molecule has 0 radical (unpaired) electrons. The highest BCUT2D eigenvalue weighted by molar-refractivity contribution is 6.27. The van der Waals surface area contributed by atoms with Crippen LogP contribution in [-0.4, -0.2) is 49.4 Å². The molecule has 0 atom stereocenters. The van der Waals surface area contributed by atoms with Crippen molar-refractivity contribution in [3.05, 3.63) is 65.7 Å². The summed E-state index contributed by atoms with van der Waals surface area (Å²) in [4.78, 5) is 40.7. The van der Waals surface area contributed by atoms with Gasteiger partial charge in [0.05, 0.1) is 18.5 Å². The molecular weight excluding hydrogens is 420 g/mol. The lowest BCUT2D eigenvalue weighted by molar-refractivity contribution is -0.140. The summed E-state index contributed by atoms with van der Waals surface area (Å²) >= 11 is 0. The number of hydrogen-bond acceptors (Lipinski definition) is 7. The van der Waals surface area contributed by atoms with E-state index in [0.717, 1.165) is 23.7 Å². The van der Waals surface area contributed by atoms with Crippen molar-refractivity contribution >= 4 is 45.6 Å². The molecule has 3 aromatic carbocycles. The molecule has 0 unspecified atom stereocenters. The van der Waals surface area contributed by atoms with E-state index < -0.39 is 24.3 Å². The van der Waals surface area contributed by atoms with Gasteiger partial charge in [-0.05, 0) is 56.3 Å². The van der Waals surface area contributed by atoms with Crippen molar-refractivity contribution in [2.75, 3.05) is 31.6 Å². The van der Waals surface area contributed by atoms with Gasteiger partial charge in [-0.3, -0.25) is 19.3 Å². The van der Waals surface area contributed by atoms with Gasteiger partial charge in [0, 0.05) is 40.7 Å². The van der Waals surface area contributed by atoms with E-state index in [1.54, 1.807) is 30.3 Å². The molecule has 0 bridgehead atoms. The Kier molecular flexibility index (Phi) is 6.17. The van der Waals surface area contributed by atoms with E-state index >= 15 is 0 Å². The Morgan fingerprint density at radius 3 is 2.21 bits per heavy atom. The number of anilines is 1. The lowest BCUT2D eigenvalue weighted by Crippen LogP contribution is -2.43. The Hall–Kier alpha value is -4.07. The summed E-state index contributed by atoms with van der Waals surface area (Å²) in [6, 6.07) is 16.3. The van der Waals surface area contributed by atoms with E-state index in [-0.39, 0.29) is 0 Å². The van der Waals surface area contributed by atoms with Crippen LogP contribution >= 0.6 is 0 Å². The molecule has 1 aliphatic heterocycles. The molecule has 0 saturated heterocycles. The number of esters is 1. The molecule has 0 aliphatic carbocycles. The predicted molar refractivity (Wildman–Crippen MR) is 126 cm³/mol. The first-order valence-electron chi connectivity index (χ1n) is 10.7. The van der Waals surface area contributed by atoms with Crippen LogP contribution in [0.2, 0.25) is 0 Å². The van der Waals surface area contributed by atoms with Crippen LogP contribution < -0.4 is 4.90 Å². The number of rotatable bonds is 7. The summed E-state index contributed by atoms with van der Waals surface area (Å²) in [6.45, 7) is 5.63. The van der Waals surface area contributed by atoms with Gasteiger partial charge in [0.1, 0.15) is 6.54 Å². The fourth-order valence-electron chi connectivity index (χ4n) is 3.99. The highest BCUT2D eigenvalue weighted by atomic mass is 16.5. The molecule has 1 heterocycles. The summed E-state index contributed by atoms with van der Waals surface area (Å²) in [5, 5.41) is 9.90. The molecule has 1 aliphatic rings. The fraction of sp³-hybridized carbons (Fsp3) is 0.240. The van der Waals surface area contributed by atoms with Crippen molar-refractivity contribution in [3.8, 4) is 0 Å². The Morgan fingerprint density at radius 2 is 1.58 bits per heavy atom. The Balaban J connectivity index is 1.69. The molecule has 4 rings (SSSR count). The molecule has 2 amide bonds. The second kappa shape index (κ2) is 9.20. The molecule has 8 heteroatoms.